The van der Waals surface area contributed by atoms with E-state index in [4.69, 9.17) is 0 Å². The Morgan fingerprint density at radius 3 is 2.67 bits per heavy atom. The summed E-state index contributed by atoms with van der Waals surface area (Å²) in [4.78, 5) is 17.5. The molecule has 0 radical (unpaired) electrons. The second kappa shape index (κ2) is 9.51. The van der Waals surface area contributed by atoms with E-state index in [1.54, 1.807) is 48.0 Å². The molecule has 1 amide bonds. The molecule has 1 N–H and O–H groups in total. The lowest BCUT2D eigenvalue weighted by atomic mass is 10.1. The highest BCUT2D eigenvalue weighted by atomic mass is 32.2. The van der Waals surface area contributed by atoms with Crippen LogP contribution in [0.25, 0.3) is 10.9 Å². The first kappa shape index (κ1) is 24.2. The number of piperazine rings is 1. The molecular formula is C24H29FN6O3S2. The second-order valence-corrected chi connectivity index (χ2v) is 11.3. The summed E-state index contributed by atoms with van der Waals surface area (Å²) in [5.41, 5.74) is 2.75. The summed E-state index contributed by atoms with van der Waals surface area (Å²) in [5, 5.41) is 8.31. The Labute approximate surface area is 215 Å². The molecule has 12 heteroatoms. The van der Waals surface area contributed by atoms with Crippen molar-refractivity contribution in [2.75, 3.05) is 29.3 Å². The maximum Gasteiger partial charge on any atom is 0.263 e. The summed E-state index contributed by atoms with van der Waals surface area (Å²) >= 11 is 1.10. The zero-order chi connectivity index (χ0) is 25.4. The lowest BCUT2D eigenvalue weighted by molar-refractivity contribution is -0.136. The van der Waals surface area contributed by atoms with Gasteiger partial charge < -0.3 is 14.4 Å². The van der Waals surface area contributed by atoms with Crippen LogP contribution < -0.4 is 9.62 Å². The lowest BCUT2D eigenvalue weighted by Gasteiger charge is -2.42. The third-order valence-electron chi connectivity index (χ3n) is 6.47. The van der Waals surface area contributed by atoms with Crippen LogP contribution >= 0.6 is 11.3 Å². The minimum Gasteiger partial charge on any atom is -0.368 e. The summed E-state index contributed by atoms with van der Waals surface area (Å²) in [6.07, 6.45) is 1.76. The van der Waals surface area contributed by atoms with Crippen LogP contribution in [0.15, 0.2) is 65.1 Å². The van der Waals surface area contributed by atoms with E-state index in [1.807, 2.05) is 24.0 Å². The van der Waals surface area contributed by atoms with Gasteiger partial charge in [-0.1, -0.05) is 23.5 Å². The first-order valence-electron chi connectivity index (χ1n) is 11.4. The quantitative estimate of drug-likeness (QED) is 0.399. The minimum absolute atomic E-state index is 0. The van der Waals surface area contributed by atoms with Crippen LogP contribution in [-0.4, -0.2) is 59.7 Å². The van der Waals surface area contributed by atoms with Crippen molar-refractivity contribution in [3.8, 4) is 0 Å². The fraction of sp³-hybridized carbons (Fsp3) is 0.292. The number of amides is 1. The third kappa shape index (κ3) is 4.53. The molecule has 2 aromatic heterocycles. The molecule has 0 unspecified atom stereocenters. The maximum absolute atomic E-state index is 14.5. The number of carbonyl (C=O) groups excluding carboxylic acids is 1. The van der Waals surface area contributed by atoms with Crippen LogP contribution in [0.5, 0.6) is 0 Å². The van der Waals surface area contributed by atoms with Gasteiger partial charge in [-0.25, -0.2) is 12.8 Å². The summed E-state index contributed by atoms with van der Waals surface area (Å²) in [6, 6.07) is 12.7. The molecule has 1 saturated heterocycles. The second-order valence-electron chi connectivity index (χ2n) is 8.75. The number of nitrogens with zero attached hydrogens (tertiary/aromatic N) is 5. The molecule has 3 heterocycles. The fourth-order valence-corrected chi connectivity index (χ4v) is 6.30. The normalized spacial score (nSPS) is 17.4. The van der Waals surface area contributed by atoms with E-state index in [0.29, 0.717) is 25.2 Å². The molecule has 9 nitrogen and oxygen atoms in total. The van der Waals surface area contributed by atoms with Crippen LogP contribution in [0.2, 0.25) is 0 Å². The number of carbonyl (C=O) groups is 1. The minimum atomic E-state index is -3.75. The Morgan fingerprint density at radius 1 is 1.19 bits per heavy atom. The van der Waals surface area contributed by atoms with Gasteiger partial charge in [0.1, 0.15) is 17.4 Å². The van der Waals surface area contributed by atoms with Crippen molar-refractivity contribution >= 4 is 49.0 Å². The zero-order valence-electron chi connectivity index (χ0n) is 19.7. The van der Waals surface area contributed by atoms with Gasteiger partial charge in [-0.05, 0) is 50.2 Å². The van der Waals surface area contributed by atoms with Crippen molar-refractivity contribution < 1.29 is 20.5 Å². The zero-order valence-corrected chi connectivity index (χ0v) is 21.3. The smallest absolute Gasteiger partial charge is 0.263 e. The highest BCUT2D eigenvalue weighted by Gasteiger charge is 2.31. The molecule has 36 heavy (non-hydrogen) atoms. The number of nitrogens with one attached hydrogen (secondary N) is 1. The molecular weight excluding hydrogens is 503 g/mol. The van der Waals surface area contributed by atoms with Gasteiger partial charge in [0.25, 0.3) is 10.0 Å². The predicted molar refractivity (Wildman–Crippen MR) is 141 cm³/mol. The van der Waals surface area contributed by atoms with Gasteiger partial charge in [-0.2, -0.15) is 0 Å². The number of halogens is 1. The molecule has 2 aromatic carbocycles. The Balaban J connectivity index is 0.00000200. The largest absolute Gasteiger partial charge is 0.368 e. The fourth-order valence-electron chi connectivity index (χ4n) is 4.60. The SMILES string of the molecule is C[C@@H]1CN(c2ccc(S(=O)(=O)Nc3nncs3)cc2)CCN1C(=O)[C@H](C)n1ccc2cccc(F)c21.[HH].[HH]. The highest BCUT2D eigenvalue weighted by Crippen LogP contribution is 2.27. The average molecular weight is 533 g/mol. The van der Waals surface area contributed by atoms with Gasteiger partial charge in [0.15, 0.2) is 0 Å². The van der Waals surface area contributed by atoms with Crippen molar-refractivity contribution in [2.45, 2.75) is 30.8 Å². The van der Waals surface area contributed by atoms with E-state index >= 15 is 0 Å². The van der Waals surface area contributed by atoms with E-state index in [2.05, 4.69) is 19.8 Å². The van der Waals surface area contributed by atoms with E-state index in [-0.39, 0.29) is 30.6 Å². The van der Waals surface area contributed by atoms with Gasteiger partial charge in [-0.3, -0.25) is 9.52 Å². The number of hydrogen-bond donors (Lipinski definition) is 1. The van der Waals surface area contributed by atoms with E-state index in [1.165, 1.54) is 11.6 Å². The number of para-hydroxylation sites is 1. The Hall–Kier alpha value is -3.51. The number of fused-ring (bicyclic) bond motifs is 1. The Bertz CT molecular complexity index is 1500. The molecule has 5 rings (SSSR count). The number of rotatable bonds is 6. The van der Waals surface area contributed by atoms with E-state index in [9.17, 15) is 17.6 Å². The van der Waals surface area contributed by atoms with Crippen molar-refractivity contribution in [1.82, 2.24) is 19.7 Å². The molecule has 0 spiro atoms. The predicted octanol–water partition coefficient (Wildman–Crippen LogP) is 4.22. The van der Waals surface area contributed by atoms with Crippen molar-refractivity contribution in [1.29, 1.82) is 0 Å². The number of anilines is 2. The lowest BCUT2D eigenvalue weighted by Crippen LogP contribution is -2.55. The molecule has 2 atom stereocenters. The van der Waals surface area contributed by atoms with Gasteiger partial charge in [0, 0.05) is 45.8 Å². The van der Waals surface area contributed by atoms with Crippen LogP contribution in [-0.2, 0) is 14.8 Å². The summed E-state index contributed by atoms with van der Waals surface area (Å²) < 4.78 is 43.7. The highest BCUT2D eigenvalue weighted by molar-refractivity contribution is 7.93. The first-order chi connectivity index (χ1) is 17.2. The maximum atomic E-state index is 14.5. The topological polar surface area (TPSA) is 100 Å². The molecule has 1 aliphatic heterocycles. The Morgan fingerprint density at radius 2 is 1.97 bits per heavy atom. The van der Waals surface area contributed by atoms with Crippen molar-refractivity contribution in [3.63, 3.8) is 0 Å². The molecule has 0 bridgehead atoms. The summed E-state index contributed by atoms with van der Waals surface area (Å²) in [7, 11) is -3.75. The molecule has 0 aliphatic carbocycles. The monoisotopic (exact) mass is 532 g/mol. The number of aromatic nitrogens is 3. The van der Waals surface area contributed by atoms with Crippen LogP contribution in [0.1, 0.15) is 22.7 Å². The van der Waals surface area contributed by atoms with Crippen molar-refractivity contribution in [2.24, 2.45) is 0 Å². The van der Waals surface area contributed by atoms with Crippen LogP contribution in [0, 0.1) is 5.82 Å². The van der Waals surface area contributed by atoms with Crippen LogP contribution in [0.3, 0.4) is 0 Å². The molecule has 192 valence electrons. The van der Waals surface area contributed by atoms with Gasteiger partial charge in [-0.15, -0.1) is 10.2 Å². The van der Waals surface area contributed by atoms with Gasteiger partial charge >= 0.3 is 0 Å². The van der Waals surface area contributed by atoms with Crippen LogP contribution in [0.4, 0.5) is 15.2 Å². The number of sulfonamides is 1. The molecule has 4 aromatic rings. The van der Waals surface area contributed by atoms with Gasteiger partial charge in [0.05, 0.1) is 10.4 Å². The average Bonchev–Trinajstić information content (AvgIpc) is 3.53. The molecule has 1 fully saturated rings. The molecule has 0 saturated carbocycles. The number of benzene rings is 2. The third-order valence-corrected chi connectivity index (χ3v) is 8.56. The first-order valence-corrected chi connectivity index (χ1v) is 13.8. The summed E-state index contributed by atoms with van der Waals surface area (Å²) in [6.45, 7) is 5.47. The van der Waals surface area contributed by atoms with Crippen molar-refractivity contribution in [3.05, 3.63) is 66.1 Å². The Kier molecular flexibility index (Phi) is 6.39. The van der Waals surface area contributed by atoms with E-state index < -0.39 is 16.1 Å². The standard InChI is InChI=1S/C24H25FN6O3S2.2H2/c1-16-14-29(19-6-8-20(9-7-19)36(33,34)28-24-27-26-15-35-24)12-13-30(16)23(32)17(2)31-11-10-18-4-3-5-21(25)22(18)31;;/h3-11,15-17H,12-14H2,1-2H3,(H,27,28);2*1H/t16-,17+;;/m1../s1. The summed E-state index contributed by atoms with van der Waals surface area (Å²) in [5.74, 6) is -0.411. The molecule has 1 aliphatic rings. The van der Waals surface area contributed by atoms with Gasteiger partial charge in [0.2, 0.25) is 11.0 Å². The number of hydrogen-bond acceptors (Lipinski definition) is 7. The van der Waals surface area contributed by atoms with E-state index in [0.717, 1.165) is 22.4 Å².